The Hall–Kier alpha value is -4.50. The van der Waals surface area contributed by atoms with Crippen LogP contribution in [-0.2, 0) is 10.3 Å². The summed E-state index contributed by atoms with van der Waals surface area (Å²) >= 11 is 0. The number of carbonyl (C=O) groups is 1. The Balaban J connectivity index is 1.55. The highest BCUT2D eigenvalue weighted by molar-refractivity contribution is 6.00. The predicted molar refractivity (Wildman–Crippen MR) is 154 cm³/mol. The maximum atomic E-state index is 12.6. The van der Waals surface area contributed by atoms with Gasteiger partial charge in [0.25, 0.3) is 0 Å². The van der Waals surface area contributed by atoms with Gasteiger partial charge >= 0.3 is 0 Å². The van der Waals surface area contributed by atoms with E-state index in [1.807, 2.05) is 18.5 Å². The molecular formula is C35H30N2O. The molecule has 6 rings (SSSR count). The van der Waals surface area contributed by atoms with Crippen molar-refractivity contribution >= 4 is 11.9 Å². The zero-order valence-corrected chi connectivity index (χ0v) is 21.3. The van der Waals surface area contributed by atoms with Crippen LogP contribution in [0, 0.1) is 0 Å². The lowest BCUT2D eigenvalue weighted by Gasteiger charge is -2.37. The van der Waals surface area contributed by atoms with E-state index in [9.17, 15) is 4.79 Å². The van der Waals surface area contributed by atoms with Gasteiger partial charge in [0.15, 0.2) is 5.78 Å². The molecular weight excluding hydrogens is 464 g/mol. The topological polar surface area (TPSA) is 34.9 Å². The van der Waals surface area contributed by atoms with Crippen LogP contribution in [-0.4, -0.2) is 15.3 Å². The second-order valence-electron chi connectivity index (χ2n) is 9.86. The van der Waals surface area contributed by atoms with Crippen LogP contribution < -0.4 is 0 Å². The van der Waals surface area contributed by atoms with Gasteiger partial charge in [-0.15, -0.1) is 0 Å². The summed E-state index contributed by atoms with van der Waals surface area (Å²) in [6.07, 6.45) is 9.72. The standard InChI is InChI=1S/C35H30N2O/c38-34-23-13-11-15-28(34)24-27-14-10-12-22-32(27)33-25-37(26-36-33)35(29-16-4-1-5-17-29,30-18-6-2-7-19-30)31-20-8-3-9-21-31/h1-10,12,14,16-22,24-26H,11,13,15,23H2/b28-24+. The summed E-state index contributed by atoms with van der Waals surface area (Å²) in [6.45, 7) is 0. The smallest absolute Gasteiger partial charge is 0.158 e. The van der Waals surface area contributed by atoms with Crippen molar-refractivity contribution in [2.45, 2.75) is 31.2 Å². The minimum Gasteiger partial charge on any atom is -0.318 e. The maximum absolute atomic E-state index is 12.6. The molecule has 0 radical (unpaired) electrons. The fraction of sp³-hybridized carbons (Fsp3) is 0.143. The van der Waals surface area contributed by atoms with Crippen molar-refractivity contribution in [1.82, 2.24) is 9.55 Å². The van der Waals surface area contributed by atoms with Gasteiger partial charge in [-0.25, -0.2) is 4.98 Å². The lowest BCUT2D eigenvalue weighted by Crippen LogP contribution is -2.36. The molecule has 0 saturated heterocycles. The Morgan fingerprint density at radius 1 is 0.658 bits per heavy atom. The number of carbonyl (C=O) groups excluding carboxylic acids is 1. The van der Waals surface area contributed by atoms with Gasteiger partial charge in [-0.05, 0) is 53.2 Å². The Bertz CT molecular complexity index is 1470. The second-order valence-corrected chi connectivity index (χ2v) is 9.86. The van der Waals surface area contributed by atoms with Crippen molar-refractivity contribution in [3.63, 3.8) is 0 Å². The Morgan fingerprint density at radius 2 is 1.18 bits per heavy atom. The van der Waals surface area contributed by atoms with Crippen LogP contribution in [0.3, 0.4) is 0 Å². The van der Waals surface area contributed by atoms with E-state index in [1.165, 1.54) is 0 Å². The number of allylic oxidation sites excluding steroid dienone is 1. The molecule has 38 heavy (non-hydrogen) atoms. The van der Waals surface area contributed by atoms with Crippen LogP contribution in [0.5, 0.6) is 0 Å². The average Bonchev–Trinajstić information content (AvgIpc) is 3.47. The first kappa shape index (κ1) is 23.9. The molecule has 186 valence electrons. The molecule has 0 unspecified atom stereocenters. The van der Waals surface area contributed by atoms with E-state index < -0.39 is 5.54 Å². The van der Waals surface area contributed by atoms with E-state index in [4.69, 9.17) is 4.98 Å². The highest BCUT2D eigenvalue weighted by Gasteiger charge is 2.38. The highest BCUT2D eigenvalue weighted by Crippen LogP contribution is 2.41. The number of hydrogen-bond acceptors (Lipinski definition) is 2. The summed E-state index contributed by atoms with van der Waals surface area (Å²) in [7, 11) is 0. The minimum atomic E-state index is -0.609. The molecule has 3 heteroatoms. The number of benzene rings is 4. The summed E-state index contributed by atoms with van der Waals surface area (Å²) in [6, 6.07) is 40.1. The summed E-state index contributed by atoms with van der Waals surface area (Å²) in [4.78, 5) is 17.5. The molecule has 3 nitrogen and oxygen atoms in total. The van der Waals surface area contributed by atoms with Gasteiger partial charge in [0.2, 0.25) is 0 Å². The number of Topliss-reactive ketones (excluding diaryl/α,β-unsaturated/α-hetero) is 1. The summed E-state index contributed by atoms with van der Waals surface area (Å²) in [5.41, 5.74) is 6.73. The number of rotatable bonds is 6. The second kappa shape index (κ2) is 10.5. The highest BCUT2D eigenvalue weighted by atomic mass is 16.1. The van der Waals surface area contributed by atoms with Gasteiger partial charge in [-0.2, -0.15) is 0 Å². The normalized spacial score (nSPS) is 15.1. The molecule has 0 spiro atoms. The molecule has 1 saturated carbocycles. The van der Waals surface area contributed by atoms with E-state index in [0.29, 0.717) is 6.42 Å². The van der Waals surface area contributed by atoms with E-state index >= 15 is 0 Å². The Labute approximate surface area is 224 Å². The lowest BCUT2D eigenvalue weighted by atomic mass is 9.77. The van der Waals surface area contributed by atoms with E-state index in [2.05, 4.69) is 120 Å². The SMILES string of the molecule is O=C1CCCC/C1=C\c1ccccc1-c1cn(C(c2ccccc2)(c2ccccc2)c2ccccc2)cn1. The summed E-state index contributed by atoms with van der Waals surface area (Å²) < 4.78 is 2.23. The van der Waals surface area contributed by atoms with E-state index in [0.717, 1.165) is 58.3 Å². The number of hydrogen-bond donors (Lipinski definition) is 0. The molecule has 1 aliphatic rings. The van der Waals surface area contributed by atoms with Gasteiger partial charge in [0, 0.05) is 18.2 Å². The van der Waals surface area contributed by atoms with Crippen molar-refractivity contribution in [3.8, 4) is 11.3 Å². The first-order chi connectivity index (χ1) is 18.8. The molecule has 1 fully saturated rings. The molecule has 4 aromatic carbocycles. The summed E-state index contributed by atoms with van der Waals surface area (Å²) in [5.74, 6) is 0.271. The molecule has 5 aromatic rings. The molecule has 0 amide bonds. The summed E-state index contributed by atoms with van der Waals surface area (Å²) in [5, 5.41) is 0. The van der Waals surface area contributed by atoms with Crippen molar-refractivity contribution < 1.29 is 4.79 Å². The maximum Gasteiger partial charge on any atom is 0.158 e. The first-order valence-corrected chi connectivity index (χ1v) is 13.3. The third-order valence-electron chi connectivity index (χ3n) is 7.57. The zero-order chi connectivity index (χ0) is 25.8. The minimum absolute atomic E-state index is 0.271. The van der Waals surface area contributed by atoms with Gasteiger partial charge in [0.1, 0.15) is 5.54 Å². The fourth-order valence-electron chi connectivity index (χ4n) is 5.73. The molecule has 0 bridgehead atoms. The number of ketones is 1. The van der Waals surface area contributed by atoms with Crippen LogP contribution >= 0.6 is 0 Å². The third kappa shape index (κ3) is 4.31. The molecule has 1 aromatic heterocycles. The van der Waals surface area contributed by atoms with Gasteiger partial charge < -0.3 is 4.57 Å². The van der Waals surface area contributed by atoms with Crippen LogP contribution in [0.4, 0.5) is 0 Å². The van der Waals surface area contributed by atoms with Crippen LogP contribution in [0.1, 0.15) is 47.9 Å². The van der Waals surface area contributed by atoms with Crippen molar-refractivity contribution in [1.29, 1.82) is 0 Å². The van der Waals surface area contributed by atoms with Gasteiger partial charge in [-0.1, -0.05) is 115 Å². The average molecular weight is 495 g/mol. The van der Waals surface area contributed by atoms with Gasteiger partial charge in [-0.3, -0.25) is 4.79 Å². The number of imidazole rings is 1. The number of aromatic nitrogens is 2. The molecule has 0 aliphatic heterocycles. The fourth-order valence-corrected chi connectivity index (χ4v) is 5.73. The van der Waals surface area contributed by atoms with Crippen molar-refractivity contribution in [3.05, 3.63) is 156 Å². The lowest BCUT2D eigenvalue weighted by molar-refractivity contribution is -0.116. The molecule has 0 atom stereocenters. The largest absolute Gasteiger partial charge is 0.318 e. The van der Waals surface area contributed by atoms with Crippen molar-refractivity contribution in [2.24, 2.45) is 0 Å². The van der Waals surface area contributed by atoms with Crippen LogP contribution in [0.2, 0.25) is 0 Å². The molecule has 1 heterocycles. The quantitative estimate of drug-likeness (QED) is 0.178. The predicted octanol–water partition coefficient (Wildman–Crippen LogP) is 7.92. The van der Waals surface area contributed by atoms with E-state index in [-0.39, 0.29) is 5.78 Å². The molecule has 1 aliphatic carbocycles. The third-order valence-corrected chi connectivity index (χ3v) is 7.57. The van der Waals surface area contributed by atoms with Crippen LogP contribution in [0.15, 0.2) is 133 Å². The molecule has 0 N–H and O–H groups in total. The van der Waals surface area contributed by atoms with Gasteiger partial charge in [0.05, 0.1) is 12.0 Å². The number of nitrogens with zero attached hydrogens (tertiary/aromatic N) is 2. The van der Waals surface area contributed by atoms with Crippen LogP contribution in [0.25, 0.3) is 17.3 Å². The zero-order valence-electron chi connectivity index (χ0n) is 21.3. The Kier molecular flexibility index (Phi) is 6.58. The first-order valence-electron chi connectivity index (χ1n) is 13.3. The monoisotopic (exact) mass is 494 g/mol. The van der Waals surface area contributed by atoms with Crippen molar-refractivity contribution in [2.75, 3.05) is 0 Å². The Morgan fingerprint density at radius 3 is 1.76 bits per heavy atom. The van der Waals surface area contributed by atoms with E-state index in [1.54, 1.807) is 0 Å².